The Kier molecular flexibility index (Phi) is 5.77. The van der Waals surface area contributed by atoms with Crippen LogP contribution in [0, 0.1) is 5.92 Å². The minimum absolute atomic E-state index is 0.0719. The van der Waals surface area contributed by atoms with E-state index in [9.17, 15) is 4.79 Å². The van der Waals surface area contributed by atoms with E-state index in [1.165, 1.54) is 0 Å². The lowest BCUT2D eigenvalue weighted by molar-refractivity contribution is -0.323. The van der Waals surface area contributed by atoms with Crippen LogP contribution >= 0.6 is 0 Å². The minimum atomic E-state index is -0.430. The molecule has 0 aromatic rings. The van der Waals surface area contributed by atoms with Crippen molar-refractivity contribution in [2.24, 2.45) is 5.92 Å². The molecule has 3 nitrogen and oxygen atoms in total. The molecule has 0 bridgehead atoms. The Balaban J connectivity index is 3.73. The molecule has 0 amide bonds. The molecule has 0 saturated heterocycles. The van der Waals surface area contributed by atoms with Crippen LogP contribution in [0.25, 0.3) is 0 Å². The summed E-state index contributed by atoms with van der Waals surface area (Å²) in [6, 6.07) is 0. The van der Waals surface area contributed by atoms with Crippen molar-refractivity contribution in [1.82, 2.24) is 0 Å². The molecule has 0 aromatic carbocycles. The number of hydrogen-bond acceptors (Lipinski definition) is 3. The normalized spacial score (nSPS) is 13.8. The third kappa shape index (κ3) is 6.89. The Morgan fingerprint density at radius 2 is 1.93 bits per heavy atom. The van der Waals surface area contributed by atoms with Crippen LogP contribution in [0.15, 0.2) is 0 Å². The van der Waals surface area contributed by atoms with Gasteiger partial charge >= 0.3 is 5.97 Å². The Bertz CT molecular complexity index is 170. The van der Waals surface area contributed by atoms with E-state index in [1.54, 1.807) is 0 Å². The van der Waals surface area contributed by atoms with Gasteiger partial charge in [-0.3, -0.25) is 4.89 Å². The van der Waals surface area contributed by atoms with E-state index >= 15 is 0 Å². The largest absolute Gasteiger partial charge is 0.345 e. The van der Waals surface area contributed by atoms with Gasteiger partial charge in [-0.2, -0.15) is 4.89 Å². The number of unbranched alkanes of at least 4 members (excludes halogenated alkanes) is 1. The van der Waals surface area contributed by atoms with Crippen molar-refractivity contribution in [2.75, 3.05) is 0 Å². The topological polar surface area (TPSA) is 35.5 Å². The fraction of sp³-hybridized carbons (Fsp3) is 0.909. The van der Waals surface area contributed by atoms with Crippen LogP contribution in [0.2, 0.25) is 0 Å². The number of hydrogen-bond donors (Lipinski definition) is 0. The second-order valence-corrected chi connectivity index (χ2v) is 4.64. The van der Waals surface area contributed by atoms with Crippen molar-refractivity contribution in [3.05, 3.63) is 0 Å². The molecule has 0 rings (SSSR count). The Labute approximate surface area is 86.7 Å². The van der Waals surface area contributed by atoms with Gasteiger partial charge in [-0.05, 0) is 27.2 Å². The average molecular weight is 202 g/mol. The summed E-state index contributed by atoms with van der Waals surface area (Å²) in [6.45, 7) is 9.50. The van der Waals surface area contributed by atoms with E-state index in [0.717, 1.165) is 19.3 Å². The summed E-state index contributed by atoms with van der Waals surface area (Å²) >= 11 is 0. The second kappa shape index (κ2) is 6.02. The maximum atomic E-state index is 11.3. The molecule has 0 saturated carbocycles. The van der Waals surface area contributed by atoms with Crippen LogP contribution < -0.4 is 0 Å². The molecule has 0 fully saturated rings. The molecule has 0 spiro atoms. The van der Waals surface area contributed by atoms with Crippen LogP contribution in [-0.4, -0.2) is 11.6 Å². The summed E-state index contributed by atoms with van der Waals surface area (Å²) in [5.74, 6) is -0.342. The third-order valence-corrected chi connectivity index (χ3v) is 1.77. The summed E-state index contributed by atoms with van der Waals surface area (Å²) in [6.07, 6.45) is 3.01. The first-order chi connectivity index (χ1) is 6.37. The first-order valence-corrected chi connectivity index (χ1v) is 5.26. The van der Waals surface area contributed by atoms with E-state index in [-0.39, 0.29) is 11.9 Å². The highest BCUT2D eigenvalue weighted by atomic mass is 17.2. The van der Waals surface area contributed by atoms with Crippen molar-refractivity contribution >= 4 is 5.97 Å². The third-order valence-electron chi connectivity index (χ3n) is 1.77. The van der Waals surface area contributed by atoms with Gasteiger partial charge in [0, 0.05) is 0 Å². The van der Waals surface area contributed by atoms with Crippen molar-refractivity contribution in [1.29, 1.82) is 0 Å². The van der Waals surface area contributed by atoms with Gasteiger partial charge in [-0.1, -0.05) is 26.7 Å². The lowest BCUT2D eigenvalue weighted by atomic mass is 10.1. The number of rotatable bonds is 5. The monoisotopic (exact) mass is 202 g/mol. The van der Waals surface area contributed by atoms with Gasteiger partial charge < -0.3 is 0 Å². The van der Waals surface area contributed by atoms with Gasteiger partial charge in [0.05, 0.1) is 5.92 Å². The van der Waals surface area contributed by atoms with Gasteiger partial charge in [0.25, 0.3) is 0 Å². The molecule has 0 aromatic heterocycles. The van der Waals surface area contributed by atoms with Gasteiger partial charge in [-0.25, -0.2) is 4.79 Å². The lowest BCUT2D eigenvalue weighted by Gasteiger charge is -2.18. The molecule has 0 aliphatic carbocycles. The standard InChI is InChI=1S/C11H22O3/c1-6-7-8-9(2)10(12)13-14-11(3,4)5/h9H,6-8H2,1-5H3. The molecule has 84 valence electrons. The molecule has 0 N–H and O–H groups in total. The van der Waals surface area contributed by atoms with Crippen LogP contribution in [0.3, 0.4) is 0 Å². The molecule has 1 atom stereocenters. The van der Waals surface area contributed by atoms with E-state index < -0.39 is 5.60 Å². The van der Waals surface area contributed by atoms with E-state index in [0.29, 0.717) is 0 Å². The van der Waals surface area contributed by atoms with E-state index in [4.69, 9.17) is 9.78 Å². The highest BCUT2D eigenvalue weighted by molar-refractivity contribution is 5.71. The Morgan fingerprint density at radius 3 is 2.36 bits per heavy atom. The second-order valence-electron chi connectivity index (χ2n) is 4.64. The van der Waals surface area contributed by atoms with Crippen molar-refractivity contribution in [3.63, 3.8) is 0 Å². The van der Waals surface area contributed by atoms with Crippen LogP contribution in [-0.2, 0) is 14.6 Å². The quantitative estimate of drug-likeness (QED) is 0.507. The number of carbonyl (C=O) groups is 1. The molecule has 14 heavy (non-hydrogen) atoms. The number of carbonyl (C=O) groups excluding carboxylic acids is 1. The molecule has 0 aliphatic heterocycles. The molecule has 3 heteroatoms. The van der Waals surface area contributed by atoms with Crippen molar-refractivity contribution in [3.8, 4) is 0 Å². The van der Waals surface area contributed by atoms with Gasteiger partial charge in [0.2, 0.25) is 0 Å². The maximum Gasteiger partial charge on any atom is 0.345 e. The molecular weight excluding hydrogens is 180 g/mol. The zero-order chi connectivity index (χ0) is 11.2. The lowest BCUT2D eigenvalue weighted by Crippen LogP contribution is -2.24. The highest BCUT2D eigenvalue weighted by Crippen LogP contribution is 2.13. The molecule has 0 heterocycles. The van der Waals surface area contributed by atoms with Gasteiger partial charge in [-0.15, -0.1) is 0 Å². The minimum Gasteiger partial charge on any atom is -0.298 e. The van der Waals surface area contributed by atoms with Gasteiger partial charge in [0.15, 0.2) is 0 Å². The molecule has 0 radical (unpaired) electrons. The SMILES string of the molecule is CCCCC(C)C(=O)OOC(C)(C)C. The summed E-state index contributed by atoms with van der Waals surface area (Å²) in [7, 11) is 0. The predicted octanol–water partition coefficient (Wildman–Crippen LogP) is 3.09. The van der Waals surface area contributed by atoms with E-state index in [2.05, 4.69) is 6.92 Å². The van der Waals surface area contributed by atoms with Crippen LogP contribution in [0.1, 0.15) is 53.9 Å². The fourth-order valence-electron chi connectivity index (χ4n) is 0.876. The Morgan fingerprint density at radius 1 is 1.36 bits per heavy atom. The molecule has 0 aliphatic rings. The fourth-order valence-corrected chi connectivity index (χ4v) is 0.876. The first-order valence-electron chi connectivity index (χ1n) is 5.26. The van der Waals surface area contributed by atoms with Crippen molar-refractivity contribution < 1.29 is 14.6 Å². The first kappa shape index (κ1) is 13.4. The summed E-state index contributed by atoms with van der Waals surface area (Å²) in [5.41, 5.74) is -0.430. The van der Waals surface area contributed by atoms with Crippen molar-refractivity contribution in [2.45, 2.75) is 59.5 Å². The summed E-state index contributed by atoms with van der Waals surface area (Å²) < 4.78 is 0. The average Bonchev–Trinajstić information content (AvgIpc) is 2.09. The smallest absolute Gasteiger partial charge is 0.298 e. The van der Waals surface area contributed by atoms with Crippen LogP contribution in [0.4, 0.5) is 0 Å². The zero-order valence-electron chi connectivity index (χ0n) is 9.92. The van der Waals surface area contributed by atoms with E-state index in [1.807, 2.05) is 27.7 Å². The predicted molar refractivity (Wildman–Crippen MR) is 55.6 cm³/mol. The maximum absolute atomic E-state index is 11.3. The van der Waals surface area contributed by atoms with Gasteiger partial charge in [0.1, 0.15) is 5.60 Å². The zero-order valence-corrected chi connectivity index (χ0v) is 9.92. The summed E-state index contributed by atoms with van der Waals surface area (Å²) in [4.78, 5) is 21.0. The molecule has 1 unspecified atom stereocenters. The molecular formula is C11H22O3. The highest BCUT2D eigenvalue weighted by Gasteiger charge is 2.19. The van der Waals surface area contributed by atoms with Crippen LogP contribution in [0.5, 0.6) is 0 Å². The Hall–Kier alpha value is -0.570. The summed E-state index contributed by atoms with van der Waals surface area (Å²) in [5, 5.41) is 0.